The molecule has 0 fully saturated rings. The van der Waals surface area contributed by atoms with Crippen molar-refractivity contribution < 1.29 is 14.8 Å². The van der Waals surface area contributed by atoms with E-state index in [2.05, 4.69) is 4.98 Å². The van der Waals surface area contributed by atoms with E-state index in [1.54, 1.807) is 0 Å². The van der Waals surface area contributed by atoms with Crippen LogP contribution in [0.4, 0.5) is 5.69 Å². The van der Waals surface area contributed by atoms with E-state index in [0.717, 1.165) is 12.3 Å². The molecule has 0 aromatic carbocycles. The largest absolute Gasteiger partial charge is 0.478 e. The zero-order chi connectivity index (χ0) is 10.0. The Morgan fingerprint density at radius 2 is 2.31 bits per heavy atom. The Morgan fingerprint density at radius 3 is 2.77 bits per heavy atom. The summed E-state index contributed by atoms with van der Waals surface area (Å²) in [6, 6.07) is 0.991. The molecule has 0 saturated heterocycles. The lowest BCUT2D eigenvalue weighted by atomic mass is 10.2. The number of pyridine rings is 1. The number of carboxylic acids is 1. The first-order valence-electron chi connectivity index (χ1n) is 3.36. The molecule has 1 heterocycles. The highest BCUT2D eigenvalue weighted by Gasteiger charge is 2.14. The second-order valence-corrected chi connectivity index (χ2v) is 2.39. The smallest absolute Gasteiger partial charge is 0.337 e. The molecule has 1 rings (SSSR count). The number of hydrogen-bond acceptors (Lipinski definition) is 4. The van der Waals surface area contributed by atoms with Crippen LogP contribution in [-0.4, -0.2) is 21.0 Å². The molecule has 13 heavy (non-hydrogen) atoms. The molecular weight excluding hydrogens is 176 g/mol. The fourth-order valence-electron chi connectivity index (χ4n) is 0.838. The fraction of sp³-hybridized carbons (Fsp3) is 0.143. The third kappa shape index (κ3) is 1.78. The molecule has 0 spiro atoms. The van der Waals surface area contributed by atoms with Gasteiger partial charge >= 0.3 is 5.97 Å². The fourth-order valence-corrected chi connectivity index (χ4v) is 0.838. The minimum absolute atomic E-state index is 0.144. The van der Waals surface area contributed by atoms with Crippen molar-refractivity contribution in [3.05, 3.63) is 33.6 Å². The highest BCUT2D eigenvalue weighted by atomic mass is 16.6. The van der Waals surface area contributed by atoms with Gasteiger partial charge < -0.3 is 5.11 Å². The van der Waals surface area contributed by atoms with Crippen molar-refractivity contribution in [3.63, 3.8) is 0 Å². The first-order valence-corrected chi connectivity index (χ1v) is 3.36. The highest BCUT2D eigenvalue weighted by molar-refractivity contribution is 5.89. The summed E-state index contributed by atoms with van der Waals surface area (Å²) in [5.41, 5.74) is -0.199. The van der Waals surface area contributed by atoms with E-state index in [1.807, 2.05) is 0 Å². The summed E-state index contributed by atoms with van der Waals surface area (Å²) in [7, 11) is 0. The molecule has 6 nitrogen and oxygen atoms in total. The molecule has 0 aliphatic carbocycles. The number of hydrogen-bond donors (Lipinski definition) is 1. The van der Waals surface area contributed by atoms with Crippen LogP contribution in [0.2, 0.25) is 0 Å². The topological polar surface area (TPSA) is 93.3 Å². The van der Waals surface area contributed by atoms with E-state index >= 15 is 0 Å². The molecule has 0 aliphatic heterocycles. The zero-order valence-electron chi connectivity index (χ0n) is 6.72. The van der Waals surface area contributed by atoms with Crippen molar-refractivity contribution in [3.8, 4) is 0 Å². The van der Waals surface area contributed by atoms with Crippen molar-refractivity contribution in [2.24, 2.45) is 0 Å². The Kier molecular flexibility index (Phi) is 2.23. The molecule has 1 aromatic rings. The average molecular weight is 182 g/mol. The summed E-state index contributed by atoms with van der Waals surface area (Å²) in [5.74, 6) is -1.21. The van der Waals surface area contributed by atoms with Gasteiger partial charge in [-0.1, -0.05) is 0 Å². The number of rotatable bonds is 2. The summed E-state index contributed by atoms with van der Waals surface area (Å²) in [5, 5.41) is 18.9. The van der Waals surface area contributed by atoms with Gasteiger partial charge in [0.05, 0.1) is 16.2 Å². The number of nitrogens with zero attached hydrogens (tertiary/aromatic N) is 2. The maximum absolute atomic E-state index is 10.5. The van der Waals surface area contributed by atoms with Gasteiger partial charge in [0, 0.05) is 6.07 Å². The van der Waals surface area contributed by atoms with E-state index < -0.39 is 10.9 Å². The Morgan fingerprint density at radius 1 is 1.69 bits per heavy atom. The molecule has 1 N–H and O–H groups in total. The molecule has 0 radical (unpaired) electrons. The van der Waals surface area contributed by atoms with E-state index in [1.165, 1.54) is 6.92 Å². The van der Waals surface area contributed by atoms with Gasteiger partial charge in [-0.2, -0.15) is 0 Å². The summed E-state index contributed by atoms with van der Waals surface area (Å²) in [6.45, 7) is 1.48. The quantitative estimate of drug-likeness (QED) is 0.543. The number of carbonyl (C=O) groups is 1. The third-order valence-corrected chi connectivity index (χ3v) is 1.51. The van der Waals surface area contributed by atoms with Gasteiger partial charge in [0.2, 0.25) is 0 Å². The van der Waals surface area contributed by atoms with E-state index in [4.69, 9.17) is 5.11 Å². The molecule has 68 valence electrons. The van der Waals surface area contributed by atoms with Crippen molar-refractivity contribution >= 4 is 11.7 Å². The lowest BCUT2D eigenvalue weighted by Crippen LogP contribution is -2.03. The number of aryl methyl sites for hydroxylation is 1. The lowest BCUT2D eigenvalue weighted by molar-refractivity contribution is -0.385. The predicted molar refractivity (Wildman–Crippen MR) is 42.6 cm³/mol. The van der Waals surface area contributed by atoms with Gasteiger partial charge in [0.1, 0.15) is 6.20 Å². The molecule has 0 bridgehead atoms. The Labute approximate surface area is 73.0 Å². The Hall–Kier alpha value is -1.98. The van der Waals surface area contributed by atoms with Crippen LogP contribution in [0.25, 0.3) is 0 Å². The van der Waals surface area contributed by atoms with Crippen molar-refractivity contribution in [2.45, 2.75) is 6.92 Å². The number of aromatic carboxylic acids is 1. The summed E-state index contributed by atoms with van der Waals surface area (Å²) < 4.78 is 0. The highest BCUT2D eigenvalue weighted by Crippen LogP contribution is 2.14. The molecule has 0 atom stereocenters. The van der Waals surface area contributed by atoms with Gasteiger partial charge in [0.15, 0.2) is 0 Å². The van der Waals surface area contributed by atoms with Gasteiger partial charge in [-0.05, 0) is 6.92 Å². The summed E-state index contributed by atoms with van der Waals surface area (Å²) in [4.78, 5) is 23.7. The van der Waals surface area contributed by atoms with Gasteiger partial charge in [-0.3, -0.25) is 15.1 Å². The van der Waals surface area contributed by atoms with E-state index in [0.29, 0.717) is 0 Å². The molecule has 6 heteroatoms. The van der Waals surface area contributed by atoms with Crippen LogP contribution in [-0.2, 0) is 0 Å². The lowest BCUT2D eigenvalue weighted by Gasteiger charge is -1.97. The van der Waals surface area contributed by atoms with Crippen LogP contribution < -0.4 is 0 Å². The van der Waals surface area contributed by atoms with Crippen molar-refractivity contribution in [1.82, 2.24) is 4.98 Å². The Balaban J connectivity index is 3.27. The summed E-state index contributed by atoms with van der Waals surface area (Å²) in [6.07, 6.45) is 1.03. The molecule has 0 amide bonds. The van der Waals surface area contributed by atoms with E-state index in [9.17, 15) is 14.9 Å². The average Bonchev–Trinajstić information content (AvgIpc) is 2.04. The van der Waals surface area contributed by atoms with Crippen LogP contribution in [0.15, 0.2) is 12.3 Å². The first-order chi connectivity index (χ1) is 6.02. The minimum Gasteiger partial charge on any atom is -0.478 e. The second-order valence-electron chi connectivity index (χ2n) is 2.39. The standard InChI is InChI=1S/C7H6N2O4/c1-4-6(7(10)11)2-5(3-8-4)9(12)13/h2-3H,1H3,(H,10,11). The minimum atomic E-state index is -1.21. The normalized spacial score (nSPS) is 9.62. The maximum Gasteiger partial charge on any atom is 0.337 e. The number of aromatic nitrogens is 1. The number of nitro groups is 1. The maximum atomic E-state index is 10.5. The molecule has 0 unspecified atom stereocenters. The van der Waals surface area contributed by atoms with Gasteiger partial charge in [-0.25, -0.2) is 4.79 Å². The third-order valence-electron chi connectivity index (χ3n) is 1.51. The summed E-state index contributed by atoms with van der Waals surface area (Å²) >= 11 is 0. The first kappa shape index (κ1) is 9.11. The number of carboxylic acid groups (broad SMARTS) is 1. The molecule has 0 aliphatic rings. The van der Waals surface area contributed by atoms with Crippen LogP contribution in [0.1, 0.15) is 16.1 Å². The molecular formula is C7H6N2O4. The Bertz CT molecular complexity index is 375. The van der Waals surface area contributed by atoms with Crippen LogP contribution >= 0.6 is 0 Å². The SMILES string of the molecule is Cc1ncc([N+](=O)[O-])cc1C(=O)O. The van der Waals surface area contributed by atoms with Crippen molar-refractivity contribution in [2.75, 3.05) is 0 Å². The predicted octanol–water partition coefficient (Wildman–Crippen LogP) is 0.996. The van der Waals surface area contributed by atoms with Crippen LogP contribution in [0, 0.1) is 17.0 Å². The van der Waals surface area contributed by atoms with E-state index in [-0.39, 0.29) is 16.9 Å². The van der Waals surface area contributed by atoms with Crippen molar-refractivity contribution in [1.29, 1.82) is 0 Å². The molecule has 0 saturated carbocycles. The van der Waals surface area contributed by atoms with Crippen LogP contribution in [0.3, 0.4) is 0 Å². The monoisotopic (exact) mass is 182 g/mol. The molecule has 1 aromatic heterocycles. The van der Waals surface area contributed by atoms with Gasteiger partial charge in [-0.15, -0.1) is 0 Å². The van der Waals surface area contributed by atoms with Crippen LogP contribution in [0.5, 0.6) is 0 Å². The van der Waals surface area contributed by atoms with Gasteiger partial charge in [0.25, 0.3) is 5.69 Å². The second kappa shape index (κ2) is 3.18. The zero-order valence-corrected chi connectivity index (χ0v) is 6.72.